The van der Waals surface area contributed by atoms with Crippen LogP contribution in [-0.4, -0.2) is 63.1 Å². The van der Waals surface area contributed by atoms with Crippen LogP contribution in [0, 0.1) is 5.92 Å². The number of likely N-dealkylation sites (N-methyl/N-ethyl adjacent to an activating group) is 1. The van der Waals surface area contributed by atoms with E-state index in [-0.39, 0.29) is 12.5 Å². The van der Waals surface area contributed by atoms with Crippen LogP contribution in [0.25, 0.3) is 0 Å². The van der Waals surface area contributed by atoms with Crippen molar-refractivity contribution in [2.45, 2.75) is 24.5 Å². The summed E-state index contributed by atoms with van der Waals surface area (Å²) < 4.78 is 27.4. The van der Waals surface area contributed by atoms with Gasteiger partial charge in [0, 0.05) is 37.5 Å². The Kier molecular flexibility index (Phi) is 7.29. The molecule has 1 aromatic heterocycles. The topological polar surface area (TPSA) is 60.9 Å². The quantitative estimate of drug-likeness (QED) is 0.743. The molecule has 122 valence electrons. The Morgan fingerprint density at radius 1 is 1.24 bits per heavy atom. The molecule has 7 heteroatoms. The predicted octanol–water partition coefficient (Wildman–Crippen LogP) is 1.49. The number of aliphatic hydroxyl groups is 1. The lowest BCUT2D eigenvalue weighted by Gasteiger charge is -2.24. The van der Waals surface area contributed by atoms with E-state index in [0.717, 1.165) is 4.88 Å². The third kappa shape index (κ3) is 5.67. The molecule has 1 rings (SSSR count). The zero-order valence-electron chi connectivity index (χ0n) is 13.2. The van der Waals surface area contributed by atoms with Crippen molar-refractivity contribution < 1.29 is 13.5 Å². The number of nitrogens with zero attached hydrogens (tertiary/aromatic N) is 2. The molecule has 1 heterocycles. The van der Waals surface area contributed by atoms with Crippen LogP contribution in [0.3, 0.4) is 0 Å². The second kappa shape index (κ2) is 8.24. The summed E-state index contributed by atoms with van der Waals surface area (Å²) >= 11 is 1.25. The molecule has 0 fully saturated rings. The molecule has 0 unspecified atom stereocenters. The minimum Gasteiger partial charge on any atom is -0.396 e. The molecule has 0 saturated carbocycles. The number of hydrogen-bond acceptors (Lipinski definition) is 5. The highest BCUT2D eigenvalue weighted by molar-refractivity contribution is 7.91. The van der Waals surface area contributed by atoms with Crippen LogP contribution >= 0.6 is 11.3 Å². The van der Waals surface area contributed by atoms with Crippen LogP contribution in [0.15, 0.2) is 16.3 Å². The molecular formula is C14H26N2O3S2. The zero-order valence-corrected chi connectivity index (χ0v) is 14.9. The molecule has 0 radical (unpaired) electrons. The fourth-order valence-corrected chi connectivity index (χ4v) is 4.99. The number of rotatable bonds is 9. The van der Waals surface area contributed by atoms with E-state index in [1.807, 2.05) is 32.8 Å². The number of aliphatic hydroxyl groups excluding tert-OH is 1. The zero-order chi connectivity index (χ0) is 16.0. The van der Waals surface area contributed by atoms with Gasteiger partial charge in [-0.25, -0.2) is 8.42 Å². The number of sulfonamides is 1. The second-order valence-electron chi connectivity index (χ2n) is 5.75. The van der Waals surface area contributed by atoms with Gasteiger partial charge in [-0.1, -0.05) is 13.8 Å². The van der Waals surface area contributed by atoms with Gasteiger partial charge in [-0.05, 0) is 32.1 Å². The molecule has 0 bridgehead atoms. The van der Waals surface area contributed by atoms with Crippen LogP contribution in [0.1, 0.15) is 18.7 Å². The third-order valence-corrected chi connectivity index (χ3v) is 6.43. The fraction of sp³-hybridized carbons (Fsp3) is 0.714. The van der Waals surface area contributed by atoms with Gasteiger partial charge in [0.15, 0.2) is 0 Å². The average molecular weight is 335 g/mol. The van der Waals surface area contributed by atoms with Crippen molar-refractivity contribution in [2.24, 2.45) is 5.92 Å². The molecular weight excluding hydrogens is 308 g/mol. The Morgan fingerprint density at radius 2 is 1.90 bits per heavy atom. The third-order valence-electron chi connectivity index (χ3n) is 2.95. The van der Waals surface area contributed by atoms with E-state index < -0.39 is 10.0 Å². The Balaban J connectivity index is 2.95. The highest BCUT2D eigenvalue weighted by Crippen LogP contribution is 2.25. The van der Waals surface area contributed by atoms with Crippen LogP contribution in [0.5, 0.6) is 0 Å². The first-order chi connectivity index (χ1) is 9.77. The van der Waals surface area contributed by atoms with Gasteiger partial charge in [-0.15, -0.1) is 11.3 Å². The molecule has 0 saturated heterocycles. The Morgan fingerprint density at radius 3 is 2.43 bits per heavy atom. The summed E-state index contributed by atoms with van der Waals surface area (Å²) in [7, 11) is 0.425. The highest BCUT2D eigenvalue weighted by Gasteiger charge is 2.26. The van der Waals surface area contributed by atoms with Gasteiger partial charge in [0.25, 0.3) is 10.0 Å². The van der Waals surface area contributed by atoms with E-state index in [1.165, 1.54) is 11.3 Å². The van der Waals surface area contributed by atoms with Crippen molar-refractivity contribution in [1.82, 2.24) is 9.21 Å². The van der Waals surface area contributed by atoms with Crippen LogP contribution in [0.4, 0.5) is 0 Å². The van der Waals surface area contributed by atoms with E-state index in [0.29, 0.717) is 30.3 Å². The first-order valence-electron chi connectivity index (χ1n) is 7.11. The molecule has 0 aliphatic heterocycles. The lowest BCUT2D eigenvalue weighted by atomic mass is 10.2. The maximum Gasteiger partial charge on any atom is 0.252 e. The van der Waals surface area contributed by atoms with Gasteiger partial charge >= 0.3 is 0 Å². The molecule has 0 atom stereocenters. The maximum atomic E-state index is 12.8. The van der Waals surface area contributed by atoms with E-state index in [4.69, 9.17) is 5.11 Å². The van der Waals surface area contributed by atoms with E-state index in [9.17, 15) is 8.42 Å². The van der Waals surface area contributed by atoms with Gasteiger partial charge in [-0.3, -0.25) is 0 Å². The minimum atomic E-state index is -3.45. The first kappa shape index (κ1) is 18.6. The molecule has 21 heavy (non-hydrogen) atoms. The van der Waals surface area contributed by atoms with E-state index in [2.05, 4.69) is 0 Å². The van der Waals surface area contributed by atoms with Crippen LogP contribution in [0.2, 0.25) is 0 Å². The average Bonchev–Trinajstić information content (AvgIpc) is 2.83. The lowest BCUT2D eigenvalue weighted by molar-refractivity contribution is 0.300. The molecule has 1 aromatic rings. The van der Waals surface area contributed by atoms with Crippen LogP contribution in [-0.2, 0) is 16.4 Å². The molecule has 0 aromatic carbocycles. The lowest BCUT2D eigenvalue weighted by Crippen LogP contribution is -2.38. The fourth-order valence-electron chi connectivity index (χ4n) is 1.90. The molecule has 0 aliphatic carbocycles. The van der Waals surface area contributed by atoms with Crippen molar-refractivity contribution in [3.63, 3.8) is 0 Å². The summed E-state index contributed by atoms with van der Waals surface area (Å²) in [5.74, 6) is 0.277. The number of thiophene rings is 1. The van der Waals surface area contributed by atoms with Crippen molar-refractivity contribution in [3.8, 4) is 0 Å². The molecule has 0 aliphatic rings. The summed E-state index contributed by atoms with van der Waals surface area (Å²) in [6.07, 6.45) is 0.502. The summed E-state index contributed by atoms with van der Waals surface area (Å²) in [5.41, 5.74) is 0. The summed E-state index contributed by atoms with van der Waals surface area (Å²) in [6, 6.07) is 3.43. The van der Waals surface area contributed by atoms with Crippen molar-refractivity contribution in [2.75, 3.05) is 40.3 Å². The summed E-state index contributed by atoms with van der Waals surface area (Å²) in [5, 5.41) is 8.95. The highest BCUT2D eigenvalue weighted by atomic mass is 32.2. The van der Waals surface area contributed by atoms with Gasteiger partial charge in [0.1, 0.15) is 4.21 Å². The van der Waals surface area contributed by atoms with E-state index >= 15 is 0 Å². The second-order valence-corrected chi connectivity index (χ2v) is 9.09. The van der Waals surface area contributed by atoms with Gasteiger partial charge < -0.3 is 10.0 Å². The first-order valence-corrected chi connectivity index (χ1v) is 9.37. The molecule has 5 nitrogen and oxygen atoms in total. The molecule has 0 amide bonds. The van der Waals surface area contributed by atoms with Gasteiger partial charge in [0.05, 0.1) is 0 Å². The van der Waals surface area contributed by atoms with Gasteiger partial charge in [0.2, 0.25) is 0 Å². The van der Waals surface area contributed by atoms with Crippen molar-refractivity contribution in [1.29, 1.82) is 0 Å². The van der Waals surface area contributed by atoms with E-state index in [1.54, 1.807) is 16.4 Å². The largest absolute Gasteiger partial charge is 0.396 e. The minimum absolute atomic E-state index is 0.0380. The summed E-state index contributed by atoms with van der Waals surface area (Å²) in [4.78, 5) is 2.88. The maximum absolute atomic E-state index is 12.8. The standard InChI is InChI=1S/C14H26N2O3S2/c1-12(2)11-16(9-8-15(3)4)21(18,19)14-6-5-13(20-14)7-10-17/h5-6,12,17H,7-11H2,1-4H3. The Hall–Kier alpha value is -0.470. The Labute approximate surface area is 132 Å². The predicted molar refractivity (Wildman–Crippen MR) is 87.3 cm³/mol. The normalized spacial score (nSPS) is 12.8. The monoisotopic (exact) mass is 334 g/mol. The van der Waals surface area contributed by atoms with Crippen molar-refractivity contribution >= 4 is 21.4 Å². The van der Waals surface area contributed by atoms with Gasteiger partial charge in [-0.2, -0.15) is 4.31 Å². The SMILES string of the molecule is CC(C)CN(CCN(C)C)S(=O)(=O)c1ccc(CCO)s1. The number of hydrogen-bond donors (Lipinski definition) is 1. The molecule has 0 spiro atoms. The van der Waals surface area contributed by atoms with Crippen LogP contribution < -0.4 is 0 Å². The molecule has 1 N–H and O–H groups in total. The summed E-state index contributed by atoms with van der Waals surface area (Å²) in [6.45, 7) is 5.77. The van der Waals surface area contributed by atoms with Crippen molar-refractivity contribution in [3.05, 3.63) is 17.0 Å². The smallest absolute Gasteiger partial charge is 0.252 e. The Bertz CT molecular complexity index is 524.